The van der Waals surface area contributed by atoms with Crippen molar-refractivity contribution in [2.45, 2.75) is 44.7 Å². The molecular weight excluding hydrogens is 492 g/mol. The number of carbonyl (C=O) groups is 1. The van der Waals surface area contributed by atoms with E-state index in [1.165, 1.54) is 0 Å². The van der Waals surface area contributed by atoms with Crippen molar-refractivity contribution in [3.8, 4) is 39.4 Å². The normalized spacial score (nSPS) is 18.7. The highest BCUT2D eigenvalue weighted by Crippen LogP contribution is 2.37. The number of nitrogens with zero attached hydrogens (tertiary/aromatic N) is 5. The van der Waals surface area contributed by atoms with Gasteiger partial charge >= 0.3 is 0 Å². The van der Waals surface area contributed by atoms with Gasteiger partial charge in [-0.3, -0.25) is 14.7 Å². The van der Waals surface area contributed by atoms with Gasteiger partial charge in [0.1, 0.15) is 11.6 Å². The number of tetrazole rings is 1. The van der Waals surface area contributed by atoms with E-state index in [1.807, 2.05) is 59.5 Å². The molecule has 9 nitrogen and oxygen atoms in total. The number of aromatic amines is 1. The van der Waals surface area contributed by atoms with Crippen LogP contribution in [0.4, 0.5) is 0 Å². The van der Waals surface area contributed by atoms with Crippen molar-refractivity contribution < 1.29 is 14.6 Å². The van der Waals surface area contributed by atoms with E-state index < -0.39 is 5.54 Å². The van der Waals surface area contributed by atoms with Gasteiger partial charge in [0, 0.05) is 30.6 Å². The fourth-order valence-electron chi connectivity index (χ4n) is 5.34. The monoisotopic (exact) mass is 522 g/mol. The van der Waals surface area contributed by atoms with E-state index >= 15 is 0 Å². The van der Waals surface area contributed by atoms with Gasteiger partial charge in [0.15, 0.2) is 11.4 Å². The van der Waals surface area contributed by atoms with Crippen molar-refractivity contribution in [3.05, 3.63) is 72.3 Å². The zero-order valence-corrected chi connectivity index (χ0v) is 21.8. The molecule has 0 saturated carbocycles. The number of para-hydroxylation sites is 1. The summed E-state index contributed by atoms with van der Waals surface area (Å²) in [5, 5.41) is 24.9. The number of ether oxygens (including phenoxy) is 1. The summed E-state index contributed by atoms with van der Waals surface area (Å²) in [5.41, 5.74) is 4.64. The summed E-state index contributed by atoms with van der Waals surface area (Å²) in [7, 11) is 0. The number of H-pyrrole nitrogens is 1. The van der Waals surface area contributed by atoms with E-state index in [0.29, 0.717) is 32.0 Å². The summed E-state index contributed by atoms with van der Waals surface area (Å²) in [6, 6.07) is 21.4. The summed E-state index contributed by atoms with van der Waals surface area (Å²) >= 11 is 0. The van der Waals surface area contributed by atoms with Crippen molar-refractivity contribution in [2.75, 3.05) is 13.2 Å². The molecule has 1 spiro atoms. The lowest BCUT2D eigenvalue weighted by Gasteiger charge is -2.22. The Morgan fingerprint density at radius 3 is 2.56 bits per heavy atom. The molecule has 0 bridgehead atoms. The van der Waals surface area contributed by atoms with E-state index in [-0.39, 0.29) is 11.7 Å². The number of unbranched alkanes of at least 4 members (excludes halogenated alkanes) is 1. The number of aliphatic imine (C=N–C) groups is 1. The van der Waals surface area contributed by atoms with Crippen molar-refractivity contribution >= 4 is 11.7 Å². The Labute approximate surface area is 226 Å². The number of carbonyl (C=O) groups excluding carboxylic acids is 1. The Morgan fingerprint density at radius 1 is 1.03 bits per heavy atom. The first kappa shape index (κ1) is 24.9. The van der Waals surface area contributed by atoms with Crippen molar-refractivity contribution in [2.24, 2.45) is 4.99 Å². The highest BCUT2D eigenvalue weighted by atomic mass is 16.5. The van der Waals surface area contributed by atoms with E-state index in [4.69, 9.17) is 9.73 Å². The third-order valence-corrected chi connectivity index (χ3v) is 7.49. The van der Waals surface area contributed by atoms with E-state index in [2.05, 4.69) is 27.5 Å². The van der Waals surface area contributed by atoms with Gasteiger partial charge in [0.2, 0.25) is 0 Å². The summed E-state index contributed by atoms with van der Waals surface area (Å²) in [6.45, 7) is 3.55. The zero-order chi connectivity index (χ0) is 26.8. The van der Waals surface area contributed by atoms with E-state index in [9.17, 15) is 9.90 Å². The Kier molecular flexibility index (Phi) is 6.66. The molecule has 2 N–H and O–H groups in total. The molecule has 1 fully saturated rings. The van der Waals surface area contributed by atoms with Gasteiger partial charge in [-0.1, -0.05) is 61.9 Å². The average molecular weight is 523 g/mol. The SMILES string of the molecule is CCCCC1=NC2(CCOC2)C(=O)N1Cc1ccc(-c2cc(-c3ccccc3O)ccc2-c2nnn[nH]2)cc1. The number of aromatic nitrogens is 4. The molecule has 3 heterocycles. The first-order valence-electron chi connectivity index (χ1n) is 13.3. The van der Waals surface area contributed by atoms with Gasteiger partial charge in [0.05, 0.1) is 13.2 Å². The number of hydrogen-bond acceptors (Lipinski definition) is 7. The van der Waals surface area contributed by atoms with Gasteiger partial charge in [-0.2, -0.15) is 0 Å². The Hall–Kier alpha value is -4.37. The molecule has 1 aromatic heterocycles. The second-order valence-electron chi connectivity index (χ2n) is 10.1. The molecule has 6 rings (SSSR count). The van der Waals surface area contributed by atoms with Gasteiger partial charge in [0.25, 0.3) is 5.91 Å². The Balaban J connectivity index is 1.32. The fourth-order valence-corrected chi connectivity index (χ4v) is 5.34. The average Bonchev–Trinajstić information content (AvgIpc) is 3.72. The molecule has 3 aromatic carbocycles. The quantitative estimate of drug-likeness (QED) is 0.337. The van der Waals surface area contributed by atoms with Crippen molar-refractivity contribution in [3.63, 3.8) is 0 Å². The molecule has 2 aliphatic heterocycles. The van der Waals surface area contributed by atoms with Gasteiger partial charge in [-0.25, -0.2) is 5.10 Å². The van der Waals surface area contributed by atoms with Crippen LogP contribution in [0.5, 0.6) is 5.75 Å². The zero-order valence-electron chi connectivity index (χ0n) is 21.8. The molecular formula is C30H30N6O3. The van der Waals surface area contributed by atoms with E-state index in [1.54, 1.807) is 12.1 Å². The molecule has 0 aliphatic carbocycles. The first-order valence-corrected chi connectivity index (χ1v) is 13.3. The minimum Gasteiger partial charge on any atom is -0.507 e. The van der Waals surface area contributed by atoms with Crippen LogP contribution in [0.25, 0.3) is 33.6 Å². The third kappa shape index (κ3) is 4.70. The second kappa shape index (κ2) is 10.4. The standard InChI is InChI=1S/C30H30N6O3/c1-2-3-8-27-31-30(15-16-39-19-30)29(38)36(27)18-20-9-11-21(12-10-20)25-17-22(23-6-4-5-7-26(23)37)13-14-24(25)28-32-34-35-33-28/h4-7,9-14,17,37H,2-3,8,15-16,18-19H2,1H3,(H,32,33,34,35). The summed E-state index contributed by atoms with van der Waals surface area (Å²) < 4.78 is 5.57. The van der Waals surface area contributed by atoms with Crippen LogP contribution < -0.4 is 0 Å². The molecule has 39 heavy (non-hydrogen) atoms. The number of benzene rings is 3. The molecule has 198 valence electrons. The lowest BCUT2D eigenvalue weighted by molar-refractivity contribution is -0.131. The van der Waals surface area contributed by atoms with Crippen LogP contribution in [-0.2, 0) is 16.1 Å². The molecule has 1 atom stereocenters. The molecule has 0 radical (unpaired) electrons. The maximum absolute atomic E-state index is 13.5. The summed E-state index contributed by atoms with van der Waals surface area (Å²) in [5.74, 6) is 1.69. The minimum absolute atomic E-state index is 0.0469. The number of phenols is 1. The van der Waals surface area contributed by atoms with Crippen LogP contribution in [0.3, 0.4) is 0 Å². The topological polar surface area (TPSA) is 117 Å². The molecule has 1 saturated heterocycles. The molecule has 4 aromatic rings. The Morgan fingerprint density at radius 2 is 1.85 bits per heavy atom. The molecule has 1 unspecified atom stereocenters. The van der Waals surface area contributed by atoms with Crippen LogP contribution in [0.15, 0.2) is 71.7 Å². The predicted octanol–water partition coefficient (Wildman–Crippen LogP) is 5.00. The lowest BCUT2D eigenvalue weighted by atomic mass is 9.93. The first-order chi connectivity index (χ1) is 19.1. The highest BCUT2D eigenvalue weighted by molar-refractivity contribution is 6.08. The highest BCUT2D eigenvalue weighted by Gasteiger charge is 2.50. The van der Waals surface area contributed by atoms with E-state index in [0.717, 1.165) is 58.5 Å². The van der Waals surface area contributed by atoms with Crippen LogP contribution in [0.2, 0.25) is 0 Å². The molecule has 1 amide bonds. The number of rotatable bonds is 8. The number of amides is 1. The number of phenolic OH excluding ortho intramolecular Hbond substituents is 1. The summed E-state index contributed by atoms with van der Waals surface area (Å²) in [4.78, 5) is 20.2. The van der Waals surface area contributed by atoms with Gasteiger partial charge in [-0.15, -0.1) is 5.10 Å². The largest absolute Gasteiger partial charge is 0.507 e. The number of amidine groups is 1. The Bertz CT molecular complexity index is 1510. The van der Waals surface area contributed by atoms with Crippen LogP contribution in [-0.4, -0.2) is 61.1 Å². The van der Waals surface area contributed by atoms with Crippen molar-refractivity contribution in [1.82, 2.24) is 25.5 Å². The molecule has 9 heteroatoms. The van der Waals surface area contributed by atoms with Crippen LogP contribution in [0.1, 0.15) is 38.2 Å². The predicted molar refractivity (Wildman–Crippen MR) is 148 cm³/mol. The smallest absolute Gasteiger partial charge is 0.258 e. The number of nitrogens with one attached hydrogen (secondary N) is 1. The summed E-state index contributed by atoms with van der Waals surface area (Å²) in [6.07, 6.45) is 3.46. The second-order valence-corrected chi connectivity index (χ2v) is 10.1. The number of aromatic hydroxyl groups is 1. The van der Waals surface area contributed by atoms with Gasteiger partial charge in [-0.05, 0) is 57.3 Å². The number of hydrogen-bond donors (Lipinski definition) is 2. The maximum Gasteiger partial charge on any atom is 0.258 e. The van der Waals surface area contributed by atoms with Gasteiger partial charge < -0.3 is 9.84 Å². The molecule has 2 aliphatic rings. The fraction of sp³-hybridized carbons (Fsp3) is 0.300. The maximum atomic E-state index is 13.5. The van der Waals surface area contributed by atoms with Crippen LogP contribution in [0, 0.1) is 0 Å². The van der Waals surface area contributed by atoms with Crippen LogP contribution >= 0.6 is 0 Å². The minimum atomic E-state index is -0.744. The van der Waals surface area contributed by atoms with Crippen molar-refractivity contribution in [1.29, 1.82) is 0 Å². The third-order valence-electron chi connectivity index (χ3n) is 7.49. The lowest BCUT2D eigenvalue weighted by Crippen LogP contribution is -2.42.